The monoisotopic (exact) mass is 313 g/mol. The highest BCUT2D eigenvalue weighted by molar-refractivity contribution is 5.99. The minimum Gasteiger partial charge on any atom is -0.444 e. The quantitative estimate of drug-likeness (QED) is 0.941. The van der Waals surface area contributed by atoms with Crippen LogP contribution in [0.2, 0.25) is 0 Å². The van der Waals surface area contributed by atoms with Crippen molar-refractivity contribution in [2.45, 2.75) is 25.9 Å². The number of aryl methyl sites for hydroxylation is 1. The van der Waals surface area contributed by atoms with Gasteiger partial charge >= 0.3 is 11.7 Å². The minimum absolute atomic E-state index is 0.0852. The molecule has 0 spiro atoms. The number of Topliss-reactive ketones (excluding diaryl/α,β-unsaturated/α-hetero) is 1. The second-order valence-corrected chi connectivity index (χ2v) is 5.25. The fourth-order valence-corrected chi connectivity index (χ4v) is 2.43. The van der Waals surface area contributed by atoms with E-state index in [9.17, 15) is 14.4 Å². The third-order valence-electron chi connectivity index (χ3n) is 3.58. The Labute approximate surface area is 132 Å². The number of fused-ring (bicyclic) bond motifs is 1. The number of benzene rings is 1. The molecule has 1 aliphatic carbocycles. The first-order valence-corrected chi connectivity index (χ1v) is 7.31. The van der Waals surface area contributed by atoms with Crippen molar-refractivity contribution in [3.63, 3.8) is 0 Å². The SMILES string of the molecule is O=C(Nc1cc2c(oc1=O)CCCC2=O)OCc1ccccc1. The third-order valence-corrected chi connectivity index (χ3v) is 3.58. The molecule has 0 atom stereocenters. The van der Waals surface area contributed by atoms with Crippen molar-refractivity contribution in [3.05, 3.63) is 63.7 Å². The van der Waals surface area contributed by atoms with Crippen LogP contribution in [0.1, 0.15) is 34.5 Å². The third kappa shape index (κ3) is 3.48. The van der Waals surface area contributed by atoms with Gasteiger partial charge in [-0.2, -0.15) is 0 Å². The molecule has 0 unspecified atom stereocenters. The first kappa shape index (κ1) is 15.0. The molecular formula is C17H15NO5. The highest BCUT2D eigenvalue weighted by atomic mass is 16.5. The number of amides is 1. The van der Waals surface area contributed by atoms with E-state index in [4.69, 9.17) is 9.15 Å². The maximum absolute atomic E-state index is 11.9. The molecule has 0 radical (unpaired) electrons. The minimum atomic E-state index is -0.774. The molecule has 1 heterocycles. The smallest absolute Gasteiger partial charge is 0.412 e. The van der Waals surface area contributed by atoms with Gasteiger partial charge in [-0.3, -0.25) is 10.1 Å². The molecule has 0 saturated carbocycles. The van der Waals surface area contributed by atoms with Gasteiger partial charge in [0, 0.05) is 12.8 Å². The summed E-state index contributed by atoms with van der Waals surface area (Å²) in [5.74, 6) is 0.296. The summed E-state index contributed by atoms with van der Waals surface area (Å²) in [7, 11) is 0. The summed E-state index contributed by atoms with van der Waals surface area (Å²) in [5.41, 5.74) is 0.414. The van der Waals surface area contributed by atoms with Crippen molar-refractivity contribution >= 4 is 17.6 Å². The summed E-state index contributed by atoms with van der Waals surface area (Å²) >= 11 is 0. The van der Waals surface area contributed by atoms with Gasteiger partial charge in [-0.05, 0) is 18.1 Å². The first-order valence-electron chi connectivity index (χ1n) is 7.31. The van der Waals surface area contributed by atoms with Crippen LogP contribution in [0.5, 0.6) is 0 Å². The molecule has 1 aromatic heterocycles. The normalized spacial score (nSPS) is 13.3. The van der Waals surface area contributed by atoms with E-state index in [-0.39, 0.29) is 18.1 Å². The molecule has 0 fully saturated rings. The van der Waals surface area contributed by atoms with Gasteiger partial charge in [0.15, 0.2) is 5.78 Å². The predicted molar refractivity (Wildman–Crippen MR) is 82.5 cm³/mol. The van der Waals surface area contributed by atoms with Gasteiger partial charge in [-0.1, -0.05) is 30.3 Å². The van der Waals surface area contributed by atoms with Crippen molar-refractivity contribution < 1.29 is 18.7 Å². The molecule has 6 nitrogen and oxygen atoms in total. The fraction of sp³-hybridized carbons (Fsp3) is 0.235. The Hall–Kier alpha value is -2.89. The van der Waals surface area contributed by atoms with E-state index in [0.29, 0.717) is 30.6 Å². The molecule has 0 aliphatic heterocycles. The van der Waals surface area contributed by atoms with Crippen LogP contribution < -0.4 is 10.9 Å². The molecule has 1 aromatic carbocycles. The van der Waals surface area contributed by atoms with Crippen LogP contribution in [-0.2, 0) is 17.8 Å². The number of hydrogen-bond acceptors (Lipinski definition) is 5. The number of anilines is 1. The van der Waals surface area contributed by atoms with Crippen molar-refractivity contribution in [2.75, 3.05) is 5.32 Å². The van der Waals surface area contributed by atoms with Gasteiger partial charge in [0.25, 0.3) is 0 Å². The van der Waals surface area contributed by atoms with Gasteiger partial charge in [-0.15, -0.1) is 0 Å². The van der Waals surface area contributed by atoms with Crippen LogP contribution in [-0.4, -0.2) is 11.9 Å². The van der Waals surface area contributed by atoms with Gasteiger partial charge in [0.2, 0.25) is 0 Å². The molecular weight excluding hydrogens is 298 g/mol. The van der Waals surface area contributed by atoms with Gasteiger partial charge in [0.1, 0.15) is 18.1 Å². The summed E-state index contributed by atoms with van der Waals surface area (Å²) in [6.45, 7) is 0.0852. The van der Waals surface area contributed by atoms with E-state index >= 15 is 0 Å². The second-order valence-electron chi connectivity index (χ2n) is 5.25. The Kier molecular flexibility index (Phi) is 4.23. The molecule has 118 valence electrons. The predicted octanol–water partition coefficient (Wildman–Crippen LogP) is 2.91. The first-order chi connectivity index (χ1) is 11.1. The lowest BCUT2D eigenvalue weighted by atomic mass is 9.96. The number of ketones is 1. The lowest BCUT2D eigenvalue weighted by molar-refractivity contribution is 0.0965. The number of carbonyl (C=O) groups is 2. The maximum atomic E-state index is 11.9. The number of hydrogen-bond donors (Lipinski definition) is 1. The van der Waals surface area contributed by atoms with Crippen LogP contribution in [0.3, 0.4) is 0 Å². The van der Waals surface area contributed by atoms with E-state index in [0.717, 1.165) is 5.56 Å². The van der Waals surface area contributed by atoms with Crippen LogP contribution in [0.15, 0.2) is 45.6 Å². The fourth-order valence-electron chi connectivity index (χ4n) is 2.43. The molecule has 1 amide bonds. The molecule has 2 aromatic rings. The summed E-state index contributed by atoms with van der Waals surface area (Å²) in [5, 5.41) is 2.33. The lowest BCUT2D eigenvalue weighted by Crippen LogP contribution is -2.22. The van der Waals surface area contributed by atoms with E-state index in [2.05, 4.69) is 5.32 Å². The molecule has 0 bridgehead atoms. The average molecular weight is 313 g/mol. The Bertz CT molecular complexity index is 794. The van der Waals surface area contributed by atoms with Crippen molar-refractivity contribution in [3.8, 4) is 0 Å². The highest BCUT2D eigenvalue weighted by Gasteiger charge is 2.22. The Morgan fingerprint density at radius 2 is 1.96 bits per heavy atom. The largest absolute Gasteiger partial charge is 0.444 e. The standard InChI is InChI=1S/C17H15NO5/c19-14-7-4-8-15-12(14)9-13(16(20)23-15)18-17(21)22-10-11-5-2-1-3-6-11/h1-3,5-6,9H,4,7-8,10H2,(H,18,21). The van der Waals surface area contributed by atoms with Crippen molar-refractivity contribution in [1.29, 1.82) is 0 Å². The summed E-state index contributed by atoms with van der Waals surface area (Å²) in [6, 6.07) is 10.5. The van der Waals surface area contributed by atoms with Gasteiger partial charge in [0.05, 0.1) is 5.56 Å². The number of nitrogens with one attached hydrogen (secondary N) is 1. The van der Waals surface area contributed by atoms with Crippen LogP contribution in [0, 0.1) is 0 Å². The molecule has 0 saturated heterocycles. The lowest BCUT2D eigenvalue weighted by Gasteiger charge is -2.13. The van der Waals surface area contributed by atoms with Crippen LogP contribution in [0.4, 0.5) is 10.5 Å². The summed E-state index contributed by atoms with van der Waals surface area (Å²) in [6.07, 6.45) is 0.860. The molecule has 1 N–H and O–H groups in total. The van der Waals surface area contributed by atoms with Crippen LogP contribution >= 0.6 is 0 Å². The zero-order valence-electron chi connectivity index (χ0n) is 12.3. The van der Waals surface area contributed by atoms with E-state index in [1.165, 1.54) is 6.07 Å². The van der Waals surface area contributed by atoms with Gasteiger partial charge in [-0.25, -0.2) is 9.59 Å². The van der Waals surface area contributed by atoms with Gasteiger partial charge < -0.3 is 9.15 Å². The highest BCUT2D eigenvalue weighted by Crippen LogP contribution is 2.22. The molecule has 23 heavy (non-hydrogen) atoms. The van der Waals surface area contributed by atoms with E-state index in [1.54, 1.807) is 0 Å². The number of rotatable bonds is 3. The number of carbonyl (C=O) groups excluding carboxylic acids is 2. The second kappa shape index (κ2) is 6.48. The summed E-state index contributed by atoms with van der Waals surface area (Å²) < 4.78 is 10.2. The Morgan fingerprint density at radius 3 is 2.74 bits per heavy atom. The maximum Gasteiger partial charge on any atom is 0.412 e. The van der Waals surface area contributed by atoms with Crippen molar-refractivity contribution in [2.24, 2.45) is 0 Å². The molecule has 6 heteroatoms. The molecule has 1 aliphatic rings. The zero-order valence-corrected chi connectivity index (χ0v) is 12.3. The van der Waals surface area contributed by atoms with E-state index < -0.39 is 11.7 Å². The van der Waals surface area contributed by atoms with Crippen molar-refractivity contribution in [1.82, 2.24) is 0 Å². The topological polar surface area (TPSA) is 85.6 Å². The Balaban J connectivity index is 1.70. The summed E-state index contributed by atoms with van der Waals surface area (Å²) in [4.78, 5) is 35.5. The number of ether oxygens (including phenoxy) is 1. The van der Waals surface area contributed by atoms with Crippen LogP contribution in [0.25, 0.3) is 0 Å². The average Bonchev–Trinajstić information content (AvgIpc) is 2.55. The zero-order chi connectivity index (χ0) is 16.2. The molecule has 3 rings (SSSR count). The van der Waals surface area contributed by atoms with E-state index in [1.807, 2.05) is 30.3 Å². The Morgan fingerprint density at radius 1 is 1.17 bits per heavy atom.